The van der Waals surface area contributed by atoms with Gasteiger partial charge in [-0.1, -0.05) is 18.2 Å². The summed E-state index contributed by atoms with van der Waals surface area (Å²) in [6, 6.07) is 8.17. The number of para-hydroxylation sites is 1. The summed E-state index contributed by atoms with van der Waals surface area (Å²) in [7, 11) is 1.89. The summed E-state index contributed by atoms with van der Waals surface area (Å²) in [5, 5.41) is 11.6. The minimum atomic E-state index is 0.600. The van der Waals surface area contributed by atoms with E-state index in [0.29, 0.717) is 4.77 Å². The highest BCUT2D eigenvalue weighted by Crippen LogP contribution is 2.24. The molecule has 0 aliphatic carbocycles. The summed E-state index contributed by atoms with van der Waals surface area (Å²) in [5.41, 5.74) is 4.27. The van der Waals surface area contributed by atoms with Crippen LogP contribution >= 0.6 is 12.2 Å². The van der Waals surface area contributed by atoms with Crippen LogP contribution in [0.2, 0.25) is 0 Å². The van der Waals surface area contributed by atoms with Crippen molar-refractivity contribution >= 4 is 12.2 Å². The quantitative estimate of drug-likeness (QED) is 0.737. The molecular formula is C14H15N5S. The molecule has 2 heterocycles. The van der Waals surface area contributed by atoms with Crippen LogP contribution in [-0.4, -0.2) is 24.5 Å². The maximum Gasteiger partial charge on any atom is 0.195 e. The number of nitrogens with one attached hydrogen (secondary N) is 1. The average molecular weight is 285 g/mol. The second kappa shape index (κ2) is 4.72. The van der Waals surface area contributed by atoms with Crippen molar-refractivity contribution in [1.82, 2.24) is 24.5 Å². The summed E-state index contributed by atoms with van der Waals surface area (Å²) in [5.74, 6) is 0.798. The van der Waals surface area contributed by atoms with Crippen molar-refractivity contribution in [3.8, 4) is 17.1 Å². The lowest BCUT2D eigenvalue weighted by atomic mass is 10.2. The number of aryl methyl sites for hydroxylation is 1. The van der Waals surface area contributed by atoms with Gasteiger partial charge in [-0.25, -0.2) is 4.68 Å². The van der Waals surface area contributed by atoms with Crippen LogP contribution in [0, 0.1) is 18.6 Å². The van der Waals surface area contributed by atoms with Gasteiger partial charge in [0.25, 0.3) is 0 Å². The van der Waals surface area contributed by atoms with Gasteiger partial charge in [0.15, 0.2) is 10.6 Å². The van der Waals surface area contributed by atoms with Gasteiger partial charge in [-0.2, -0.15) is 10.2 Å². The van der Waals surface area contributed by atoms with Crippen molar-refractivity contribution < 1.29 is 0 Å². The third kappa shape index (κ3) is 1.89. The van der Waals surface area contributed by atoms with Gasteiger partial charge in [0.2, 0.25) is 0 Å². The van der Waals surface area contributed by atoms with Crippen LogP contribution in [0.3, 0.4) is 0 Å². The van der Waals surface area contributed by atoms with E-state index in [4.69, 9.17) is 12.2 Å². The molecule has 1 aromatic carbocycles. The molecule has 0 fully saturated rings. The normalized spacial score (nSPS) is 10.9. The summed E-state index contributed by atoms with van der Waals surface area (Å²) in [6.45, 7) is 4.11. The van der Waals surface area contributed by atoms with E-state index < -0.39 is 0 Å². The van der Waals surface area contributed by atoms with E-state index in [1.165, 1.54) is 5.56 Å². The lowest BCUT2D eigenvalue weighted by molar-refractivity contribution is 0.839. The van der Waals surface area contributed by atoms with Gasteiger partial charge in [0.05, 0.1) is 23.1 Å². The van der Waals surface area contributed by atoms with Crippen LogP contribution in [0.15, 0.2) is 30.5 Å². The lowest BCUT2D eigenvalue weighted by Crippen LogP contribution is -2.01. The molecule has 20 heavy (non-hydrogen) atoms. The Morgan fingerprint density at radius 2 is 1.95 bits per heavy atom. The molecule has 3 aromatic rings. The highest BCUT2D eigenvalue weighted by molar-refractivity contribution is 7.71. The number of aromatic nitrogens is 5. The molecule has 0 saturated carbocycles. The van der Waals surface area contributed by atoms with Gasteiger partial charge in [-0.05, 0) is 37.7 Å². The fourth-order valence-corrected chi connectivity index (χ4v) is 2.39. The molecule has 1 N–H and O–H groups in total. The molecule has 102 valence electrons. The number of rotatable bonds is 2. The number of nitrogens with zero attached hydrogens (tertiary/aromatic N) is 4. The van der Waals surface area contributed by atoms with Crippen LogP contribution in [0.25, 0.3) is 17.1 Å². The number of aromatic amines is 1. The number of benzene rings is 1. The van der Waals surface area contributed by atoms with Gasteiger partial charge in [0.1, 0.15) is 0 Å². The van der Waals surface area contributed by atoms with E-state index >= 15 is 0 Å². The first-order valence-corrected chi connectivity index (χ1v) is 6.73. The van der Waals surface area contributed by atoms with Crippen molar-refractivity contribution in [1.29, 1.82) is 0 Å². The summed E-state index contributed by atoms with van der Waals surface area (Å²) in [4.78, 5) is 0. The minimum Gasteiger partial charge on any atom is -0.303 e. The first kappa shape index (κ1) is 12.8. The zero-order chi connectivity index (χ0) is 14.3. The third-order valence-corrected chi connectivity index (χ3v) is 3.84. The smallest absolute Gasteiger partial charge is 0.195 e. The van der Waals surface area contributed by atoms with Crippen molar-refractivity contribution in [3.63, 3.8) is 0 Å². The van der Waals surface area contributed by atoms with Gasteiger partial charge >= 0.3 is 0 Å². The largest absolute Gasteiger partial charge is 0.303 e. The zero-order valence-corrected chi connectivity index (χ0v) is 12.4. The topological polar surface area (TPSA) is 51.4 Å². The average Bonchev–Trinajstić information content (AvgIpc) is 2.95. The van der Waals surface area contributed by atoms with Crippen molar-refractivity contribution in [2.45, 2.75) is 13.8 Å². The predicted octanol–water partition coefficient (Wildman–Crippen LogP) is 2.95. The molecule has 0 radical (unpaired) electrons. The highest BCUT2D eigenvalue weighted by Gasteiger charge is 2.15. The van der Waals surface area contributed by atoms with Crippen LogP contribution in [0.1, 0.15) is 11.3 Å². The van der Waals surface area contributed by atoms with Crippen LogP contribution in [-0.2, 0) is 7.05 Å². The highest BCUT2D eigenvalue weighted by atomic mass is 32.1. The van der Waals surface area contributed by atoms with Crippen LogP contribution < -0.4 is 0 Å². The monoisotopic (exact) mass is 285 g/mol. The Labute approximate surface area is 121 Å². The van der Waals surface area contributed by atoms with E-state index in [9.17, 15) is 0 Å². The van der Waals surface area contributed by atoms with E-state index in [1.54, 1.807) is 0 Å². The van der Waals surface area contributed by atoms with Crippen LogP contribution in [0.4, 0.5) is 0 Å². The minimum absolute atomic E-state index is 0.600. The van der Waals surface area contributed by atoms with Crippen molar-refractivity contribution in [2.75, 3.05) is 0 Å². The van der Waals surface area contributed by atoms with E-state index in [2.05, 4.69) is 34.4 Å². The lowest BCUT2D eigenvalue weighted by Gasteiger charge is -2.08. The fourth-order valence-electron chi connectivity index (χ4n) is 2.26. The van der Waals surface area contributed by atoms with Gasteiger partial charge < -0.3 is 4.57 Å². The van der Waals surface area contributed by atoms with E-state index in [-0.39, 0.29) is 0 Å². The molecular weight excluding hydrogens is 270 g/mol. The third-order valence-electron chi connectivity index (χ3n) is 3.47. The summed E-state index contributed by atoms with van der Waals surface area (Å²) >= 11 is 5.16. The molecule has 0 amide bonds. The number of hydrogen-bond acceptors (Lipinski definition) is 3. The molecule has 0 aliphatic heterocycles. The Hall–Kier alpha value is -2.21. The van der Waals surface area contributed by atoms with Crippen molar-refractivity contribution in [2.24, 2.45) is 7.05 Å². The predicted molar refractivity (Wildman–Crippen MR) is 80.4 cm³/mol. The van der Waals surface area contributed by atoms with Gasteiger partial charge in [-0.15, -0.1) is 0 Å². The number of H-pyrrole nitrogens is 1. The molecule has 6 heteroatoms. The first-order chi connectivity index (χ1) is 9.59. The second-order valence-electron chi connectivity index (χ2n) is 4.75. The Balaban J connectivity index is 2.17. The van der Waals surface area contributed by atoms with Gasteiger partial charge in [0, 0.05) is 7.05 Å². The second-order valence-corrected chi connectivity index (χ2v) is 5.14. The molecule has 0 saturated heterocycles. The molecule has 0 aliphatic rings. The Kier molecular flexibility index (Phi) is 3.02. The Morgan fingerprint density at radius 1 is 1.20 bits per heavy atom. The van der Waals surface area contributed by atoms with Crippen molar-refractivity contribution in [3.05, 3.63) is 46.5 Å². The first-order valence-electron chi connectivity index (χ1n) is 6.32. The summed E-state index contributed by atoms with van der Waals surface area (Å²) in [6.07, 6.45) is 1.83. The molecule has 0 atom stereocenters. The standard InChI is InChI=1S/C14H15N5S/c1-9-6-4-5-7-12(9)19-10(2)11(8-15-19)13-16-17-14(20)18(13)3/h4-8H,1-3H3,(H,17,20). The van der Waals surface area contributed by atoms with Gasteiger partial charge in [-0.3, -0.25) is 5.10 Å². The Bertz CT molecular complexity index is 824. The fraction of sp³-hybridized carbons (Fsp3) is 0.214. The summed E-state index contributed by atoms with van der Waals surface area (Å²) < 4.78 is 4.38. The Morgan fingerprint density at radius 3 is 2.60 bits per heavy atom. The van der Waals surface area contributed by atoms with E-state index in [1.807, 2.05) is 41.5 Å². The molecule has 0 spiro atoms. The zero-order valence-electron chi connectivity index (χ0n) is 11.6. The maximum atomic E-state index is 5.16. The van der Waals surface area contributed by atoms with E-state index in [0.717, 1.165) is 22.8 Å². The number of hydrogen-bond donors (Lipinski definition) is 1. The molecule has 5 nitrogen and oxygen atoms in total. The molecule has 2 aromatic heterocycles. The molecule has 0 unspecified atom stereocenters. The SMILES string of the molecule is Cc1ccccc1-n1ncc(-c2n[nH]c(=S)n2C)c1C. The van der Waals surface area contributed by atoms with Crippen LogP contribution in [0.5, 0.6) is 0 Å². The maximum absolute atomic E-state index is 5.16. The molecule has 0 bridgehead atoms. The molecule has 3 rings (SSSR count).